The topological polar surface area (TPSA) is 27.7 Å². The predicted molar refractivity (Wildman–Crippen MR) is 55.9 cm³/mol. The molecule has 4 heteroatoms. The summed E-state index contributed by atoms with van der Waals surface area (Å²) in [6.07, 6.45) is 0.195. The fourth-order valence-corrected chi connectivity index (χ4v) is 1.60. The fourth-order valence-electron chi connectivity index (χ4n) is 1.19. The lowest BCUT2D eigenvalue weighted by Crippen LogP contribution is -2.38. The van der Waals surface area contributed by atoms with Crippen LogP contribution in [0.25, 0.3) is 0 Å². The van der Waals surface area contributed by atoms with Gasteiger partial charge in [0.05, 0.1) is 24.8 Å². The summed E-state index contributed by atoms with van der Waals surface area (Å²) in [5, 5.41) is 0. The van der Waals surface area contributed by atoms with Crippen molar-refractivity contribution in [3.05, 3.63) is 22.7 Å². The minimum atomic E-state index is 0.195. The summed E-state index contributed by atoms with van der Waals surface area (Å²) in [5.41, 5.74) is 0. The molecule has 0 amide bonds. The quantitative estimate of drug-likeness (QED) is 0.833. The largest absolute Gasteiger partial charge is 0.495 e. The summed E-state index contributed by atoms with van der Waals surface area (Å²) >= 11 is 3.38. The van der Waals surface area contributed by atoms with Gasteiger partial charge in [0.25, 0.3) is 0 Å². The van der Waals surface area contributed by atoms with E-state index in [0.29, 0.717) is 13.2 Å². The third kappa shape index (κ3) is 2.01. The maximum atomic E-state index is 5.62. The number of hydrogen-bond acceptors (Lipinski definition) is 3. The summed E-state index contributed by atoms with van der Waals surface area (Å²) in [6.45, 7) is 1.36. The van der Waals surface area contributed by atoms with Gasteiger partial charge in [0, 0.05) is 6.07 Å². The molecule has 1 aromatic carbocycles. The second-order valence-electron chi connectivity index (χ2n) is 3.07. The van der Waals surface area contributed by atoms with Gasteiger partial charge in [-0.05, 0) is 28.1 Å². The molecule has 1 heterocycles. The first-order chi connectivity index (χ1) is 6.79. The van der Waals surface area contributed by atoms with Crippen molar-refractivity contribution < 1.29 is 14.2 Å². The van der Waals surface area contributed by atoms with E-state index in [9.17, 15) is 0 Å². The summed E-state index contributed by atoms with van der Waals surface area (Å²) in [5.74, 6) is 1.60. The molecular weight excluding hydrogens is 248 g/mol. The van der Waals surface area contributed by atoms with E-state index in [0.717, 1.165) is 16.0 Å². The number of halogens is 1. The van der Waals surface area contributed by atoms with Gasteiger partial charge in [-0.25, -0.2) is 0 Å². The molecule has 0 radical (unpaired) electrons. The van der Waals surface area contributed by atoms with Crippen molar-refractivity contribution in [1.82, 2.24) is 0 Å². The first-order valence-electron chi connectivity index (χ1n) is 4.37. The molecular formula is C10H11BrO3. The van der Waals surface area contributed by atoms with Crippen molar-refractivity contribution >= 4 is 15.9 Å². The molecule has 1 aromatic rings. The Hall–Kier alpha value is -0.740. The van der Waals surface area contributed by atoms with Crippen LogP contribution in [0.1, 0.15) is 0 Å². The Kier molecular flexibility index (Phi) is 2.93. The van der Waals surface area contributed by atoms with E-state index in [1.54, 1.807) is 7.11 Å². The molecule has 0 aliphatic carbocycles. The van der Waals surface area contributed by atoms with Crippen molar-refractivity contribution in [1.29, 1.82) is 0 Å². The number of hydrogen-bond donors (Lipinski definition) is 0. The average molecular weight is 259 g/mol. The van der Waals surface area contributed by atoms with E-state index in [-0.39, 0.29) is 6.10 Å². The summed E-state index contributed by atoms with van der Waals surface area (Å²) in [6, 6.07) is 5.68. The van der Waals surface area contributed by atoms with Gasteiger partial charge in [0.1, 0.15) is 17.6 Å². The first-order valence-corrected chi connectivity index (χ1v) is 5.17. The third-order valence-corrected chi connectivity index (χ3v) is 2.69. The van der Waals surface area contributed by atoms with Crippen molar-refractivity contribution in [2.75, 3.05) is 20.3 Å². The van der Waals surface area contributed by atoms with E-state index in [2.05, 4.69) is 15.9 Å². The second-order valence-corrected chi connectivity index (χ2v) is 3.93. The van der Waals surface area contributed by atoms with Gasteiger partial charge in [-0.2, -0.15) is 0 Å². The molecule has 76 valence electrons. The molecule has 0 bridgehead atoms. The maximum Gasteiger partial charge on any atom is 0.145 e. The van der Waals surface area contributed by atoms with Crippen LogP contribution in [0, 0.1) is 0 Å². The van der Waals surface area contributed by atoms with Gasteiger partial charge < -0.3 is 14.2 Å². The highest BCUT2D eigenvalue weighted by atomic mass is 79.9. The molecule has 0 spiro atoms. The highest BCUT2D eigenvalue weighted by Gasteiger charge is 2.20. The first kappa shape index (κ1) is 9.80. The Morgan fingerprint density at radius 3 is 2.79 bits per heavy atom. The third-order valence-electron chi connectivity index (χ3n) is 2.03. The van der Waals surface area contributed by atoms with E-state index in [1.165, 1.54) is 0 Å². The summed E-state index contributed by atoms with van der Waals surface area (Å²) in [4.78, 5) is 0. The number of ether oxygens (including phenoxy) is 3. The van der Waals surface area contributed by atoms with Gasteiger partial charge in [-0.3, -0.25) is 0 Å². The van der Waals surface area contributed by atoms with E-state index in [4.69, 9.17) is 14.2 Å². The van der Waals surface area contributed by atoms with Crippen molar-refractivity contribution in [3.8, 4) is 11.5 Å². The van der Waals surface area contributed by atoms with Crippen LogP contribution in [0.2, 0.25) is 0 Å². The maximum absolute atomic E-state index is 5.62. The van der Waals surface area contributed by atoms with Crippen molar-refractivity contribution in [2.24, 2.45) is 0 Å². The average Bonchev–Trinajstić information content (AvgIpc) is 2.14. The van der Waals surface area contributed by atoms with Gasteiger partial charge in [-0.1, -0.05) is 0 Å². The van der Waals surface area contributed by atoms with Crippen LogP contribution in [-0.2, 0) is 4.74 Å². The van der Waals surface area contributed by atoms with Gasteiger partial charge >= 0.3 is 0 Å². The molecule has 1 aliphatic heterocycles. The standard InChI is InChI=1S/C10H11BrO3/c1-12-10-4-7(2-3-9(10)11)14-8-5-13-6-8/h2-4,8H,5-6H2,1H3. The number of rotatable bonds is 3. The van der Waals surface area contributed by atoms with Gasteiger partial charge in [0.2, 0.25) is 0 Å². The Morgan fingerprint density at radius 2 is 2.21 bits per heavy atom. The Morgan fingerprint density at radius 1 is 1.43 bits per heavy atom. The molecule has 14 heavy (non-hydrogen) atoms. The number of methoxy groups -OCH3 is 1. The molecule has 1 fully saturated rings. The lowest BCUT2D eigenvalue weighted by atomic mass is 10.3. The van der Waals surface area contributed by atoms with Gasteiger partial charge in [-0.15, -0.1) is 0 Å². The van der Waals surface area contributed by atoms with Crippen LogP contribution in [0.5, 0.6) is 11.5 Å². The van der Waals surface area contributed by atoms with Gasteiger partial charge in [0.15, 0.2) is 0 Å². The second kappa shape index (κ2) is 4.19. The molecule has 0 N–H and O–H groups in total. The molecule has 0 atom stereocenters. The Bertz CT molecular complexity index is 323. The molecule has 0 unspecified atom stereocenters. The molecule has 1 aliphatic rings. The minimum Gasteiger partial charge on any atom is -0.495 e. The summed E-state index contributed by atoms with van der Waals surface area (Å²) < 4.78 is 16.7. The predicted octanol–water partition coefficient (Wildman–Crippen LogP) is 2.24. The highest BCUT2D eigenvalue weighted by Crippen LogP contribution is 2.29. The highest BCUT2D eigenvalue weighted by molar-refractivity contribution is 9.10. The zero-order valence-corrected chi connectivity index (χ0v) is 9.41. The van der Waals surface area contributed by atoms with Crippen LogP contribution in [0.4, 0.5) is 0 Å². The van der Waals surface area contributed by atoms with Crippen LogP contribution in [0.3, 0.4) is 0 Å². The fraction of sp³-hybridized carbons (Fsp3) is 0.400. The molecule has 0 aromatic heterocycles. The van der Waals surface area contributed by atoms with E-state index in [1.807, 2.05) is 18.2 Å². The zero-order chi connectivity index (χ0) is 9.97. The normalized spacial score (nSPS) is 16.1. The van der Waals surface area contributed by atoms with Crippen LogP contribution in [-0.4, -0.2) is 26.4 Å². The molecule has 2 rings (SSSR count). The number of benzene rings is 1. The smallest absolute Gasteiger partial charge is 0.145 e. The van der Waals surface area contributed by atoms with Crippen LogP contribution < -0.4 is 9.47 Å². The summed E-state index contributed by atoms with van der Waals surface area (Å²) in [7, 11) is 1.64. The van der Waals surface area contributed by atoms with Crippen molar-refractivity contribution in [2.45, 2.75) is 6.10 Å². The Labute approximate surface area is 91.1 Å². The SMILES string of the molecule is COc1cc(OC2COC2)ccc1Br. The van der Waals surface area contributed by atoms with E-state index >= 15 is 0 Å². The lowest BCUT2D eigenvalue weighted by molar-refractivity contribution is -0.0797. The minimum absolute atomic E-state index is 0.195. The lowest BCUT2D eigenvalue weighted by Gasteiger charge is -2.26. The molecule has 0 saturated carbocycles. The van der Waals surface area contributed by atoms with Crippen molar-refractivity contribution in [3.63, 3.8) is 0 Å². The monoisotopic (exact) mass is 258 g/mol. The molecule has 3 nitrogen and oxygen atoms in total. The Balaban J connectivity index is 2.09. The van der Waals surface area contributed by atoms with E-state index < -0.39 is 0 Å². The zero-order valence-electron chi connectivity index (χ0n) is 7.83. The molecule has 1 saturated heterocycles. The van der Waals surface area contributed by atoms with Crippen LogP contribution >= 0.6 is 15.9 Å². The van der Waals surface area contributed by atoms with Crippen LogP contribution in [0.15, 0.2) is 22.7 Å².